The summed E-state index contributed by atoms with van der Waals surface area (Å²) in [7, 11) is 0. The molecule has 1 aromatic rings. The Morgan fingerprint density at radius 3 is 2.61 bits per heavy atom. The van der Waals surface area contributed by atoms with Gasteiger partial charge in [-0.2, -0.15) is 4.68 Å². The van der Waals surface area contributed by atoms with E-state index in [-0.39, 0.29) is 11.5 Å². The average molecular weight is 466 g/mol. The molecular formula is C25H31N5O2S. The monoisotopic (exact) mass is 465 g/mol. The summed E-state index contributed by atoms with van der Waals surface area (Å²) in [5.74, 6) is 2.09. The lowest BCUT2D eigenvalue weighted by molar-refractivity contribution is -0.130. The number of carbonyl (C=O) groups is 1. The summed E-state index contributed by atoms with van der Waals surface area (Å²) in [5.41, 5.74) is 2.26. The quantitative estimate of drug-likeness (QED) is 0.432. The van der Waals surface area contributed by atoms with Crippen molar-refractivity contribution >= 4 is 17.7 Å². The van der Waals surface area contributed by atoms with E-state index in [1.54, 1.807) is 0 Å². The Balaban J connectivity index is 1.49. The lowest BCUT2D eigenvalue weighted by Crippen LogP contribution is -2.43. The largest absolute Gasteiger partial charge is 0.341 e. The van der Waals surface area contributed by atoms with Gasteiger partial charge in [0.2, 0.25) is 5.91 Å². The molecule has 33 heavy (non-hydrogen) atoms. The first kappa shape index (κ1) is 22.2. The molecule has 7 nitrogen and oxygen atoms in total. The zero-order chi connectivity index (χ0) is 22.9. The van der Waals surface area contributed by atoms with Gasteiger partial charge < -0.3 is 9.47 Å². The van der Waals surface area contributed by atoms with E-state index < -0.39 is 0 Å². The minimum atomic E-state index is -0.113. The molecule has 1 fully saturated rings. The lowest BCUT2D eigenvalue weighted by atomic mass is 9.92. The number of hydrogen-bond acceptors (Lipinski definition) is 5. The van der Waals surface area contributed by atoms with E-state index in [9.17, 15) is 9.59 Å². The number of fused-ring (bicyclic) bond motifs is 3. The van der Waals surface area contributed by atoms with E-state index in [0.717, 1.165) is 61.9 Å². The fourth-order valence-corrected chi connectivity index (χ4v) is 6.24. The molecule has 2 unspecified atom stereocenters. The number of thioether (sulfide) groups is 1. The number of aromatic nitrogens is 4. The Hall–Kier alpha value is -2.61. The van der Waals surface area contributed by atoms with Crippen LogP contribution in [0.3, 0.4) is 0 Å². The fourth-order valence-electron chi connectivity index (χ4n) is 5.29. The van der Waals surface area contributed by atoms with Crippen LogP contribution in [0, 0.1) is 11.8 Å². The van der Waals surface area contributed by atoms with Gasteiger partial charge in [-0.25, -0.2) is 4.98 Å². The van der Waals surface area contributed by atoms with Gasteiger partial charge in [0, 0.05) is 25.3 Å². The van der Waals surface area contributed by atoms with Crippen LogP contribution in [0.1, 0.15) is 45.2 Å². The number of benzene rings is 1. The van der Waals surface area contributed by atoms with Crippen molar-refractivity contribution in [2.24, 2.45) is 11.8 Å². The van der Waals surface area contributed by atoms with E-state index in [1.807, 2.05) is 35.2 Å². The van der Waals surface area contributed by atoms with Gasteiger partial charge in [-0.05, 0) is 49.7 Å². The number of nitrogens with zero attached hydrogens (tertiary/aromatic N) is 5. The zero-order valence-corrected chi connectivity index (χ0v) is 20.2. The number of piperidine rings is 1. The molecule has 2 atom stereocenters. The highest BCUT2D eigenvalue weighted by Crippen LogP contribution is 2.31. The van der Waals surface area contributed by atoms with Gasteiger partial charge in [-0.15, -0.1) is 5.10 Å². The average Bonchev–Trinajstić information content (AvgIpc) is 2.97. The predicted octanol–water partition coefficient (Wildman–Crippen LogP) is 3.86. The van der Waals surface area contributed by atoms with Crippen LogP contribution in [-0.2, 0) is 17.8 Å². The summed E-state index contributed by atoms with van der Waals surface area (Å²) in [6.45, 7) is 6.93. The number of carbonyl (C=O) groups excluding carboxylic acids is 1. The Bertz CT molecular complexity index is 1160. The number of rotatable bonds is 4. The van der Waals surface area contributed by atoms with Crippen LogP contribution in [-0.4, -0.2) is 49.0 Å². The van der Waals surface area contributed by atoms with Crippen molar-refractivity contribution in [3.8, 4) is 17.1 Å². The summed E-state index contributed by atoms with van der Waals surface area (Å²) in [6, 6.07) is 9.49. The normalized spacial score (nSPS) is 21.1. The van der Waals surface area contributed by atoms with Crippen molar-refractivity contribution in [2.75, 3.05) is 18.8 Å². The molecular weight excluding hydrogens is 434 g/mol. The van der Waals surface area contributed by atoms with Gasteiger partial charge in [0.05, 0.1) is 11.4 Å². The summed E-state index contributed by atoms with van der Waals surface area (Å²) in [5, 5.41) is 5.38. The molecule has 1 aromatic carbocycles. The Labute approximate surface area is 198 Å². The van der Waals surface area contributed by atoms with Crippen molar-refractivity contribution in [1.82, 2.24) is 24.2 Å². The second kappa shape index (κ2) is 9.33. The molecule has 5 rings (SSSR count). The predicted molar refractivity (Wildman–Crippen MR) is 130 cm³/mol. The highest BCUT2D eigenvalue weighted by Gasteiger charge is 2.29. The topological polar surface area (TPSA) is 73.0 Å². The molecule has 4 aliphatic heterocycles. The van der Waals surface area contributed by atoms with Gasteiger partial charge in [0.1, 0.15) is 5.56 Å². The molecule has 0 aromatic heterocycles. The van der Waals surface area contributed by atoms with Crippen LogP contribution in [0.5, 0.6) is 0 Å². The Kier molecular flexibility index (Phi) is 6.27. The molecule has 174 valence electrons. The number of amides is 1. The molecule has 0 spiro atoms. The van der Waals surface area contributed by atoms with Gasteiger partial charge in [0.25, 0.3) is 5.56 Å². The summed E-state index contributed by atoms with van der Waals surface area (Å²) < 4.78 is 3.63. The molecule has 0 aliphatic carbocycles. The van der Waals surface area contributed by atoms with E-state index >= 15 is 0 Å². The number of hydrogen-bond donors (Lipinski definition) is 0. The van der Waals surface area contributed by atoms with Crippen molar-refractivity contribution in [3.05, 3.63) is 46.4 Å². The van der Waals surface area contributed by atoms with Crippen molar-refractivity contribution in [1.29, 1.82) is 0 Å². The first-order valence-electron chi connectivity index (χ1n) is 12.0. The fraction of sp³-hybridized carbons (Fsp3) is 0.520. The van der Waals surface area contributed by atoms with Crippen molar-refractivity contribution in [2.45, 2.75) is 57.7 Å². The van der Waals surface area contributed by atoms with Crippen LogP contribution >= 0.6 is 11.8 Å². The maximum atomic E-state index is 13.3. The van der Waals surface area contributed by atoms with Crippen molar-refractivity contribution in [3.63, 3.8) is 0 Å². The van der Waals surface area contributed by atoms with E-state index in [0.29, 0.717) is 29.0 Å². The third-order valence-corrected chi connectivity index (χ3v) is 7.67. The van der Waals surface area contributed by atoms with Crippen LogP contribution in [0.2, 0.25) is 0 Å². The second-order valence-corrected chi connectivity index (χ2v) is 10.5. The van der Waals surface area contributed by atoms with E-state index in [2.05, 4.69) is 23.5 Å². The number of likely N-dealkylation sites (tertiary alicyclic amines) is 1. The van der Waals surface area contributed by atoms with E-state index in [1.165, 1.54) is 22.9 Å². The highest BCUT2D eigenvalue weighted by atomic mass is 32.2. The summed E-state index contributed by atoms with van der Waals surface area (Å²) >= 11 is 1.48. The van der Waals surface area contributed by atoms with Crippen LogP contribution < -0.4 is 5.56 Å². The van der Waals surface area contributed by atoms with Gasteiger partial charge in [-0.1, -0.05) is 50.2 Å². The smallest absolute Gasteiger partial charge is 0.284 e. The van der Waals surface area contributed by atoms with Crippen LogP contribution in [0.25, 0.3) is 17.1 Å². The standard InChI is InChI=1S/C25H31N5O2S/c1-17-13-18(2)15-28(14-17)21(31)16-33-25-26-23-22(20-11-7-4-8-12-29(20)25)24(32)30(27-23)19-9-5-3-6-10-19/h3,5-6,9-10,17-18H,4,7-8,11-16H2,1-2H3. The Morgan fingerprint density at radius 2 is 1.85 bits per heavy atom. The second-order valence-electron chi connectivity index (χ2n) is 9.59. The molecule has 8 heteroatoms. The molecule has 1 saturated heterocycles. The maximum Gasteiger partial charge on any atom is 0.284 e. The molecule has 0 bridgehead atoms. The SMILES string of the molecule is CC1CC(C)CN(C(=O)CSc2nc3nn(-c4ccccc4)c(=O)c-3c3n2CCCCC3)C1. The third kappa shape index (κ3) is 4.45. The highest BCUT2D eigenvalue weighted by molar-refractivity contribution is 7.99. The molecule has 4 heterocycles. The van der Waals surface area contributed by atoms with Crippen molar-refractivity contribution < 1.29 is 4.79 Å². The van der Waals surface area contributed by atoms with E-state index in [4.69, 9.17) is 4.98 Å². The third-order valence-electron chi connectivity index (χ3n) is 6.71. The van der Waals surface area contributed by atoms with Gasteiger partial charge >= 0.3 is 0 Å². The minimum Gasteiger partial charge on any atom is -0.341 e. The minimum absolute atomic E-state index is 0.113. The Morgan fingerprint density at radius 1 is 1.09 bits per heavy atom. The molecule has 4 aliphatic rings. The van der Waals surface area contributed by atoms with Crippen LogP contribution in [0.4, 0.5) is 0 Å². The lowest BCUT2D eigenvalue weighted by Gasteiger charge is -2.35. The van der Waals surface area contributed by atoms with Gasteiger partial charge in [0.15, 0.2) is 11.0 Å². The zero-order valence-electron chi connectivity index (χ0n) is 19.4. The molecule has 0 saturated carbocycles. The first-order chi connectivity index (χ1) is 16.0. The molecule has 0 N–H and O–H groups in total. The first-order valence-corrected chi connectivity index (χ1v) is 13.0. The molecule has 0 radical (unpaired) electrons. The van der Waals surface area contributed by atoms with Crippen LogP contribution in [0.15, 0.2) is 40.3 Å². The maximum absolute atomic E-state index is 13.3. The molecule has 1 amide bonds. The summed E-state index contributed by atoms with van der Waals surface area (Å²) in [6.07, 6.45) is 5.23. The summed E-state index contributed by atoms with van der Waals surface area (Å²) in [4.78, 5) is 33.2. The van der Waals surface area contributed by atoms with Gasteiger partial charge in [-0.3, -0.25) is 9.59 Å². The number of para-hydroxylation sites is 1.